The topological polar surface area (TPSA) is 307 Å². The molecule has 19 heteroatoms. The number of allylic oxidation sites excluding steroid dienone is 5. The monoisotopic (exact) mass is 1440 g/mol. The molecule has 101 heavy (non-hydrogen) atoms. The van der Waals surface area contributed by atoms with Gasteiger partial charge in [-0.1, -0.05) is 333 Å². The standard InChI is InChI=1S/C82H153NO18/c1-3-5-7-9-11-13-15-17-19-21-23-25-26-27-28-29-30-31-32-33-34-35-36-37-38-39-40-42-44-46-48-50-52-54-56-58-60-70(88)83-65(66(87)59-57-55-53-51-49-47-45-43-41-24-22-20-18-16-14-12-10-8-6-4-2)64-96-80-76(94)73(91)78(68(62-85)98-80)101-82-77(95)74(92)79(69(63-86)99-82)100-81-75(93)72(90)71(89)67(61-84)97-81/h41,43,49,51,57,59,65-69,71-82,84-87,89-95H,3-40,42,44-48,50,52-56,58,60-64H2,1-2H3,(H,83,88)/b43-41+,51-49+,59-57+. The summed E-state index contributed by atoms with van der Waals surface area (Å²) >= 11 is 0. The minimum absolute atomic E-state index is 0.236. The molecule has 19 nitrogen and oxygen atoms in total. The van der Waals surface area contributed by atoms with E-state index >= 15 is 0 Å². The van der Waals surface area contributed by atoms with E-state index in [0.29, 0.717) is 12.8 Å². The fourth-order valence-corrected chi connectivity index (χ4v) is 14.2. The summed E-state index contributed by atoms with van der Waals surface area (Å²) in [5.74, 6) is -0.283. The van der Waals surface area contributed by atoms with Crippen LogP contribution < -0.4 is 5.32 Å². The van der Waals surface area contributed by atoms with Gasteiger partial charge in [0.15, 0.2) is 18.9 Å². The summed E-state index contributed by atoms with van der Waals surface area (Å²) in [6.07, 6.45) is 51.6. The second-order valence-corrected chi connectivity index (χ2v) is 29.9. The van der Waals surface area contributed by atoms with Crippen LogP contribution in [-0.2, 0) is 33.2 Å². The summed E-state index contributed by atoms with van der Waals surface area (Å²) < 4.78 is 34.4. The molecule has 3 saturated heterocycles. The maximum atomic E-state index is 13.5. The third-order valence-electron chi connectivity index (χ3n) is 20.9. The summed E-state index contributed by atoms with van der Waals surface area (Å²) in [7, 11) is 0. The smallest absolute Gasteiger partial charge is 0.220 e. The maximum absolute atomic E-state index is 13.5. The largest absolute Gasteiger partial charge is 0.394 e. The predicted molar refractivity (Wildman–Crippen MR) is 402 cm³/mol. The molecule has 3 fully saturated rings. The lowest BCUT2D eigenvalue weighted by atomic mass is 9.96. The molecule has 0 aromatic rings. The van der Waals surface area contributed by atoms with Gasteiger partial charge in [0.05, 0.1) is 38.6 Å². The van der Waals surface area contributed by atoms with E-state index < -0.39 is 124 Å². The second kappa shape index (κ2) is 63.0. The molecule has 0 aromatic carbocycles. The van der Waals surface area contributed by atoms with Crippen LogP contribution in [0, 0.1) is 0 Å². The van der Waals surface area contributed by atoms with Gasteiger partial charge < -0.3 is 89.9 Å². The van der Waals surface area contributed by atoms with Gasteiger partial charge in [-0.25, -0.2) is 0 Å². The molecular weight excluding hydrogens is 1290 g/mol. The third kappa shape index (κ3) is 43.0. The number of aliphatic hydroxyl groups is 11. The molecular formula is C82H153NO18. The molecule has 0 aromatic heterocycles. The highest BCUT2D eigenvalue weighted by molar-refractivity contribution is 5.76. The Morgan fingerprint density at radius 3 is 0.990 bits per heavy atom. The van der Waals surface area contributed by atoms with Gasteiger partial charge in [0.25, 0.3) is 0 Å². The number of carbonyl (C=O) groups excluding carboxylic acids is 1. The Morgan fingerprint density at radius 1 is 0.347 bits per heavy atom. The highest BCUT2D eigenvalue weighted by atomic mass is 16.8. The molecule has 0 radical (unpaired) electrons. The van der Waals surface area contributed by atoms with Gasteiger partial charge in [-0.3, -0.25) is 4.79 Å². The quantitative estimate of drug-likeness (QED) is 0.0199. The summed E-state index contributed by atoms with van der Waals surface area (Å²) in [5, 5.41) is 121. The number of aliphatic hydroxyl groups excluding tert-OH is 11. The number of hydrogen-bond acceptors (Lipinski definition) is 18. The molecule has 3 heterocycles. The van der Waals surface area contributed by atoms with Crippen LogP contribution in [0.2, 0.25) is 0 Å². The molecule has 3 aliphatic heterocycles. The van der Waals surface area contributed by atoms with E-state index in [1.165, 1.54) is 270 Å². The lowest BCUT2D eigenvalue weighted by molar-refractivity contribution is -0.379. The number of carbonyl (C=O) groups is 1. The molecule has 0 saturated carbocycles. The molecule has 12 N–H and O–H groups in total. The first-order chi connectivity index (χ1) is 49.3. The fraction of sp³-hybridized carbons (Fsp3) is 0.915. The van der Waals surface area contributed by atoms with Crippen molar-refractivity contribution in [3.8, 4) is 0 Å². The molecule has 0 spiro atoms. The molecule has 17 atom stereocenters. The number of amides is 1. The van der Waals surface area contributed by atoms with Crippen LogP contribution in [0.3, 0.4) is 0 Å². The summed E-state index contributed by atoms with van der Waals surface area (Å²) in [5.41, 5.74) is 0. The van der Waals surface area contributed by atoms with Crippen molar-refractivity contribution in [1.82, 2.24) is 5.32 Å². The normalized spacial score (nSPS) is 26.4. The molecule has 0 bridgehead atoms. The molecule has 594 valence electrons. The Kier molecular flexibility index (Phi) is 58.1. The van der Waals surface area contributed by atoms with Crippen molar-refractivity contribution in [2.24, 2.45) is 0 Å². The lowest BCUT2D eigenvalue weighted by Crippen LogP contribution is -2.66. The van der Waals surface area contributed by atoms with Gasteiger partial charge in [0.2, 0.25) is 5.91 Å². The van der Waals surface area contributed by atoms with Gasteiger partial charge in [-0.05, 0) is 44.9 Å². The van der Waals surface area contributed by atoms with Gasteiger partial charge in [-0.15, -0.1) is 0 Å². The zero-order chi connectivity index (χ0) is 73.2. The van der Waals surface area contributed by atoms with Crippen molar-refractivity contribution >= 4 is 5.91 Å². The van der Waals surface area contributed by atoms with Crippen LogP contribution >= 0.6 is 0 Å². The Balaban J connectivity index is 1.33. The van der Waals surface area contributed by atoms with Crippen LogP contribution in [0.4, 0.5) is 0 Å². The van der Waals surface area contributed by atoms with Crippen molar-refractivity contribution < 1.29 is 89.4 Å². The first kappa shape index (κ1) is 93.2. The molecule has 1 amide bonds. The van der Waals surface area contributed by atoms with E-state index in [-0.39, 0.29) is 18.9 Å². The average Bonchev–Trinajstić information content (AvgIpc) is 0.783. The number of rotatable bonds is 67. The molecule has 3 aliphatic rings. The summed E-state index contributed by atoms with van der Waals surface area (Å²) in [6, 6.07) is -0.996. The average molecular weight is 1440 g/mol. The van der Waals surface area contributed by atoms with E-state index in [1.54, 1.807) is 6.08 Å². The van der Waals surface area contributed by atoms with Crippen molar-refractivity contribution in [3.63, 3.8) is 0 Å². The first-order valence-corrected chi connectivity index (χ1v) is 41.7. The first-order valence-electron chi connectivity index (χ1n) is 41.7. The zero-order valence-corrected chi connectivity index (χ0v) is 63.7. The zero-order valence-electron chi connectivity index (χ0n) is 63.7. The van der Waals surface area contributed by atoms with Crippen molar-refractivity contribution in [2.45, 2.75) is 452 Å². The van der Waals surface area contributed by atoms with Crippen LogP contribution in [0.15, 0.2) is 36.5 Å². The second-order valence-electron chi connectivity index (χ2n) is 29.9. The van der Waals surface area contributed by atoms with Crippen LogP contribution in [0.1, 0.15) is 348 Å². The third-order valence-corrected chi connectivity index (χ3v) is 20.9. The van der Waals surface area contributed by atoms with Gasteiger partial charge in [0.1, 0.15) is 73.2 Å². The molecule has 3 rings (SSSR count). The van der Waals surface area contributed by atoms with Gasteiger partial charge >= 0.3 is 0 Å². The fourth-order valence-electron chi connectivity index (χ4n) is 14.2. The van der Waals surface area contributed by atoms with Crippen LogP contribution in [-0.4, -0.2) is 193 Å². The van der Waals surface area contributed by atoms with Crippen LogP contribution in [0.5, 0.6) is 0 Å². The Bertz CT molecular complexity index is 1960. The van der Waals surface area contributed by atoms with Crippen molar-refractivity contribution in [3.05, 3.63) is 36.5 Å². The van der Waals surface area contributed by atoms with E-state index in [1.807, 2.05) is 6.08 Å². The highest BCUT2D eigenvalue weighted by Gasteiger charge is 2.54. The SMILES string of the molecule is CCCCCCCCCCCC/C=C/CC/C=C/CC/C=C/C(O)C(COC1OC(CO)C(OC2OC(CO)C(OC3OC(CO)C(O)C(O)C3O)C(O)C2O)C(O)C1O)NC(=O)CCCCCCCCCCCCCCCCCCCCCCCCCCCCCCCCCCCCCC. The predicted octanol–water partition coefficient (Wildman–Crippen LogP) is 14.3. The maximum Gasteiger partial charge on any atom is 0.220 e. The van der Waals surface area contributed by atoms with E-state index in [4.69, 9.17) is 28.4 Å². The molecule has 0 aliphatic carbocycles. The number of unbranched alkanes of at least 4 members (excludes halogenated alkanes) is 47. The Morgan fingerprint density at radius 2 is 0.634 bits per heavy atom. The van der Waals surface area contributed by atoms with E-state index in [9.17, 15) is 61.0 Å². The minimum Gasteiger partial charge on any atom is -0.394 e. The van der Waals surface area contributed by atoms with Gasteiger partial charge in [0, 0.05) is 6.42 Å². The minimum atomic E-state index is -1.98. The van der Waals surface area contributed by atoms with Crippen molar-refractivity contribution in [1.29, 1.82) is 0 Å². The van der Waals surface area contributed by atoms with E-state index in [0.717, 1.165) is 44.9 Å². The summed E-state index contributed by atoms with van der Waals surface area (Å²) in [4.78, 5) is 13.5. The van der Waals surface area contributed by atoms with Gasteiger partial charge in [-0.2, -0.15) is 0 Å². The Hall–Kier alpha value is -1.99. The Labute approximate surface area is 612 Å². The van der Waals surface area contributed by atoms with Crippen molar-refractivity contribution in [2.75, 3.05) is 26.4 Å². The number of hydrogen-bond donors (Lipinski definition) is 12. The van der Waals surface area contributed by atoms with Crippen LogP contribution in [0.25, 0.3) is 0 Å². The summed E-state index contributed by atoms with van der Waals surface area (Å²) in [6.45, 7) is 1.76. The van der Waals surface area contributed by atoms with E-state index in [2.05, 4.69) is 43.5 Å². The number of nitrogens with one attached hydrogen (secondary N) is 1. The highest BCUT2D eigenvalue weighted by Crippen LogP contribution is 2.33. The number of ether oxygens (including phenoxy) is 6. The lowest BCUT2D eigenvalue weighted by Gasteiger charge is -2.48. The molecule has 17 unspecified atom stereocenters.